The third-order valence-electron chi connectivity index (χ3n) is 9.92. The van der Waals surface area contributed by atoms with E-state index in [1.165, 1.54) is 47.1 Å². The van der Waals surface area contributed by atoms with Crippen molar-refractivity contribution in [2.75, 3.05) is 0 Å². The molecule has 0 aliphatic heterocycles. The molecule has 0 aliphatic carbocycles. The molecule has 0 atom stereocenters. The Kier molecular flexibility index (Phi) is 5.80. The molecular weight excluding hydrogens is 631 g/mol. The van der Waals surface area contributed by atoms with Gasteiger partial charge >= 0.3 is 0 Å². The maximum absolute atomic E-state index is 6.28. The number of furan rings is 1. The van der Waals surface area contributed by atoms with Crippen molar-refractivity contribution in [2.45, 2.75) is 0 Å². The van der Waals surface area contributed by atoms with Gasteiger partial charge in [0, 0.05) is 47.6 Å². The van der Waals surface area contributed by atoms with Gasteiger partial charge in [-0.15, -0.1) is 11.3 Å². The van der Waals surface area contributed by atoms with Crippen LogP contribution >= 0.6 is 11.3 Å². The van der Waals surface area contributed by atoms with E-state index in [2.05, 4.69) is 133 Å². The highest BCUT2D eigenvalue weighted by molar-refractivity contribution is 7.25. The van der Waals surface area contributed by atoms with E-state index in [-0.39, 0.29) is 0 Å². The molecule has 0 fully saturated rings. The van der Waals surface area contributed by atoms with Crippen LogP contribution in [0.3, 0.4) is 0 Å². The van der Waals surface area contributed by atoms with E-state index in [0.717, 1.165) is 44.0 Å². The monoisotopic (exact) mass is 655 g/mol. The molecular formula is C45H25N3OS. The molecule has 0 amide bonds. The summed E-state index contributed by atoms with van der Waals surface area (Å²) in [7, 11) is 0. The summed E-state index contributed by atoms with van der Waals surface area (Å²) >= 11 is 1.79. The first-order chi connectivity index (χ1) is 24.7. The number of hydrogen-bond donors (Lipinski definition) is 0. The number of nitrogens with zero attached hydrogens (tertiary/aromatic N) is 3. The molecule has 3 aromatic heterocycles. The van der Waals surface area contributed by atoms with Gasteiger partial charge in [-0.05, 0) is 68.7 Å². The minimum Gasteiger partial charge on any atom is -0.456 e. The zero-order valence-electron chi connectivity index (χ0n) is 26.6. The molecule has 5 heteroatoms. The van der Waals surface area contributed by atoms with E-state index in [1.54, 1.807) is 11.3 Å². The molecule has 3 heterocycles. The van der Waals surface area contributed by atoms with Crippen molar-refractivity contribution >= 4 is 85.8 Å². The normalized spacial score (nSPS) is 12.0. The van der Waals surface area contributed by atoms with Crippen LogP contribution in [0.1, 0.15) is 0 Å². The standard InChI is InChI=1S/C45H25N3OS/c1-2-9-30-26(8-1)16-21-33-31-20-18-28(24-27(31)17-22-32(30)33)43-46-44(29-19-23-35-34-10-3-5-13-38(34)49-39(35)25-29)48-45(47-43)37-12-7-15-41-42(37)36-11-4-6-14-40(36)50-41/h1-25H. The molecule has 232 valence electrons. The number of benzene rings is 8. The summed E-state index contributed by atoms with van der Waals surface area (Å²) in [5, 5.41) is 11.9. The van der Waals surface area contributed by atoms with E-state index < -0.39 is 0 Å². The summed E-state index contributed by atoms with van der Waals surface area (Å²) in [5.41, 5.74) is 4.48. The lowest BCUT2D eigenvalue weighted by Gasteiger charge is -2.11. The lowest BCUT2D eigenvalue weighted by Crippen LogP contribution is -2.00. The van der Waals surface area contributed by atoms with E-state index in [0.29, 0.717) is 17.5 Å². The molecule has 0 radical (unpaired) electrons. The molecule has 11 aromatic rings. The third-order valence-corrected chi connectivity index (χ3v) is 11.1. The molecule has 4 nitrogen and oxygen atoms in total. The van der Waals surface area contributed by atoms with Crippen LogP contribution in [0.15, 0.2) is 156 Å². The van der Waals surface area contributed by atoms with E-state index in [1.807, 2.05) is 18.2 Å². The lowest BCUT2D eigenvalue weighted by molar-refractivity contribution is 0.669. The van der Waals surface area contributed by atoms with Crippen LogP contribution < -0.4 is 0 Å². The average Bonchev–Trinajstić information content (AvgIpc) is 3.75. The van der Waals surface area contributed by atoms with Gasteiger partial charge in [0.05, 0.1) is 0 Å². The number of aromatic nitrogens is 3. The van der Waals surface area contributed by atoms with Crippen molar-refractivity contribution in [2.24, 2.45) is 0 Å². The first-order valence-corrected chi connectivity index (χ1v) is 17.5. The summed E-state index contributed by atoms with van der Waals surface area (Å²) in [5.74, 6) is 1.88. The zero-order chi connectivity index (χ0) is 32.8. The van der Waals surface area contributed by atoms with Gasteiger partial charge in [0.25, 0.3) is 0 Å². The largest absolute Gasteiger partial charge is 0.456 e. The second kappa shape index (κ2) is 10.5. The van der Waals surface area contributed by atoms with E-state index >= 15 is 0 Å². The van der Waals surface area contributed by atoms with Gasteiger partial charge in [-0.3, -0.25) is 0 Å². The second-order valence-electron chi connectivity index (χ2n) is 12.8. The number of fused-ring (bicyclic) bond motifs is 11. The van der Waals surface area contributed by atoms with Gasteiger partial charge in [-0.25, -0.2) is 15.0 Å². The van der Waals surface area contributed by atoms with Gasteiger partial charge in [-0.1, -0.05) is 115 Å². The summed E-state index contributed by atoms with van der Waals surface area (Å²) in [4.78, 5) is 15.5. The summed E-state index contributed by atoms with van der Waals surface area (Å²) in [6.45, 7) is 0. The predicted molar refractivity (Wildman–Crippen MR) is 209 cm³/mol. The minimum absolute atomic E-state index is 0.606. The highest BCUT2D eigenvalue weighted by Crippen LogP contribution is 2.40. The molecule has 0 saturated heterocycles. The minimum atomic E-state index is 0.606. The van der Waals surface area contributed by atoms with E-state index in [4.69, 9.17) is 19.4 Å². The summed E-state index contributed by atoms with van der Waals surface area (Å²) in [6, 6.07) is 53.4. The quantitative estimate of drug-likeness (QED) is 0.178. The Morgan fingerprint density at radius 3 is 1.84 bits per heavy atom. The molecule has 50 heavy (non-hydrogen) atoms. The van der Waals surface area contributed by atoms with Gasteiger partial charge in [-0.2, -0.15) is 0 Å². The van der Waals surface area contributed by atoms with E-state index in [9.17, 15) is 0 Å². The summed E-state index contributed by atoms with van der Waals surface area (Å²) < 4.78 is 8.73. The third kappa shape index (κ3) is 4.14. The average molecular weight is 656 g/mol. The number of para-hydroxylation sites is 1. The molecule has 8 aromatic carbocycles. The van der Waals surface area contributed by atoms with Crippen molar-refractivity contribution in [1.82, 2.24) is 15.0 Å². The topological polar surface area (TPSA) is 51.8 Å². The second-order valence-corrected chi connectivity index (χ2v) is 13.9. The van der Waals surface area contributed by atoms with Gasteiger partial charge < -0.3 is 4.42 Å². The molecule has 0 saturated carbocycles. The molecule has 0 unspecified atom stereocenters. The van der Waals surface area contributed by atoms with Crippen LogP contribution in [0.25, 0.3) is 109 Å². The first-order valence-electron chi connectivity index (χ1n) is 16.7. The maximum atomic E-state index is 6.28. The molecule has 0 N–H and O–H groups in total. The zero-order valence-corrected chi connectivity index (χ0v) is 27.4. The molecule has 0 bridgehead atoms. The number of rotatable bonds is 3. The van der Waals surface area contributed by atoms with Crippen LogP contribution in [0, 0.1) is 0 Å². The Labute approximate surface area is 289 Å². The first kappa shape index (κ1) is 27.5. The van der Waals surface area contributed by atoms with Crippen LogP contribution in [0.4, 0.5) is 0 Å². The molecule has 0 aliphatic rings. The summed E-state index contributed by atoms with van der Waals surface area (Å²) in [6.07, 6.45) is 0. The molecule has 0 spiro atoms. The fraction of sp³-hybridized carbons (Fsp3) is 0. The Bertz CT molecular complexity index is 3170. The highest BCUT2D eigenvalue weighted by Gasteiger charge is 2.18. The SMILES string of the molecule is c1ccc2c(c1)ccc1c3ccc(-c4nc(-c5ccc6c(c5)oc5ccccc56)nc(-c5cccc6sc7ccccc7c56)n4)cc3ccc21. The van der Waals surface area contributed by atoms with Crippen molar-refractivity contribution < 1.29 is 4.42 Å². The van der Waals surface area contributed by atoms with Crippen molar-refractivity contribution in [3.8, 4) is 34.2 Å². The van der Waals surface area contributed by atoms with Crippen LogP contribution in [0.5, 0.6) is 0 Å². The Hall–Kier alpha value is -6.43. The maximum Gasteiger partial charge on any atom is 0.164 e. The molecule has 11 rings (SSSR count). The smallest absolute Gasteiger partial charge is 0.164 e. The number of hydrogen-bond acceptors (Lipinski definition) is 5. The predicted octanol–water partition coefficient (Wildman–Crippen LogP) is 12.6. The number of thiophene rings is 1. The van der Waals surface area contributed by atoms with Gasteiger partial charge in [0.2, 0.25) is 0 Å². The fourth-order valence-electron chi connectivity index (χ4n) is 7.55. The van der Waals surface area contributed by atoms with Gasteiger partial charge in [0.1, 0.15) is 11.2 Å². The highest BCUT2D eigenvalue weighted by atomic mass is 32.1. The van der Waals surface area contributed by atoms with Crippen LogP contribution in [-0.2, 0) is 0 Å². The van der Waals surface area contributed by atoms with Crippen LogP contribution in [-0.4, -0.2) is 15.0 Å². The van der Waals surface area contributed by atoms with Crippen molar-refractivity contribution in [1.29, 1.82) is 0 Å². The Morgan fingerprint density at radius 2 is 0.980 bits per heavy atom. The lowest BCUT2D eigenvalue weighted by atomic mass is 9.96. The fourth-order valence-corrected chi connectivity index (χ4v) is 8.68. The Balaban J connectivity index is 1.14. The van der Waals surface area contributed by atoms with Crippen molar-refractivity contribution in [3.05, 3.63) is 152 Å². The van der Waals surface area contributed by atoms with Crippen molar-refractivity contribution in [3.63, 3.8) is 0 Å². The van der Waals surface area contributed by atoms with Crippen LogP contribution in [0.2, 0.25) is 0 Å². The van der Waals surface area contributed by atoms with Gasteiger partial charge in [0.15, 0.2) is 17.5 Å². The Morgan fingerprint density at radius 1 is 0.380 bits per heavy atom.